The number of nitrogens with zero attached hydrogens (tertiary/aromatic N) is 9. The summed E-state index contributed by atoms with van der Waals surface area (Å²) >= 11 is 0. The van der Waals surface area contributed by atoms with Gasteiger partial charge in [-0.05, 0) is 92.3 Å². The number of urea groups is 1. The molecule has 4 amide bonds. The topological polar surface area (TPSA) is 182 Å². The second-order valence-electron chi connectivity index (χ2n) is 18.0. The first kappa shape index (κ1) is 41.7. The Balaban J connectivity index is 0.768. The Morgan fingerprint density at radius 1 is 0.873 bits per heavy atom. The lowest BCUT2D eigenvalue weighted by atomic mass is 9.95. The van der Waals surface area contributed by atoms with Crippen LogP contribution < -0.4 is 25.3 Å². The Hall–Kier alpha value is -6.68. The zero-order valence-electron chi connectivity index (χ0n) is 36.5. The summed E-state index contributed by atoms with van der Waals surface area (Å²) < 4.78 is 5.25. The number of imide groups is 1. The molecule has 0 aliphatic carbocycles. The number of aryl methyl sites for hydroxylation is 1. The molecule has 0 saturated carbocycles. The molecule has 3 N–H and O–H groups in total. The number of aromatic amines is 1. The molecule has 63 heavy (non-hydrogen) atoms. The SMILES string of the molecule is Cc1cc(-c2ncnc3[nH]c(-c4ccc(N5CCN(CC6CCN(c7ccc(N8CCC(=O)NC8=O)cc7)CC6)CC5)nc4)cc23)ccc1[C@H](C)NC(=O)c1nc(C(C)(C)C)no1. The van der Waals surface area contributed by atoms with Crippen LogP contribution in [0, 0.1) is 12.8 Å². The van der Waals surface area contributed by atoms with Gasteiger partial charge >= 0.3 is 17.8 Å². The number of amides is 4. The monoisotopic (exact) mass is 850 g/mol. The number of nitrogens with one attached hydrogen (secondary N) is 3. The summed E-state index contributed by atoms with van der Waals surface area (Å²) in [5, 5.41) is 10.3. The minimum Gasteiger partial charge on any atom is -0.372 e. The number of hydrogen-bond donors (Lipinski definition) is 3. The number of aromatic nitrogens is 6. The maximum absolute atomic E-state index is 12.9. The number of fused-ring (bicyclic) bond motifs is 1. The van der Waals surface area contributed by atoms with Gasteiger partial charge < -0.3 is 24.6 Å². The molecule has 0 bridgehead atoms. The molecule has 1 atom stereocenters. The first-order valence-electron chi connectivity index (χ1n) is 21.9. The number of pyridine rings is 1. The lowest BCUT2D eigenvalue weighted by molar-refractivity contribution is -0.120. The van der Waals surface area contributed by atoms with Crippen molar-refractivity contribution in [1.29, 1.82) is 0 Å². The Morgan fingerprint density at radius 2 is 1.62 bits per heavy atom. The molecule has 16 nitrogen and oxygen atoms in total. The van der Waals surface area contributed by atoms with Crippen LogP contribution in [0.3, 0.4) is 0 Å². The van der Waals surface area contributed by atoms with E-state index < -0.39 is 5.91 Å². The highest BCUT2D eigenvalue weighted by atomic mass is 16.5. The van der Waals surface area contributed by atoms with Gasteiger partial charge in [-0.2, -0.15) is 4.98 Å². The van der Waals surface area contributed by atoms with Crippen molar-refractivity contribution in [2.45, 2.75) is 65.3 Å². The van der Waals surface area contributed by atoms with E-state index in [1.165, 1.54) is 5.69 Å². The third-order valence-corrected chi connectivity index (χ3v) is 12.5. The Kier molecular flexibility index (Phi) is 11.4. The summed E-state index contributed by atoms with van der Waals surface area (Å²) in [5.41, 5.74) is 8.06. The first-order chi connectivity index (χ1) is 30.4. The van der Waals surface area contributed by atoms with Crippen molar-refractivity contribution in [2.24, 2.45) is 5.92 Å². The Bertz CT molecular complexity index is 2620. The number of carbonyl (C=O) groups excluding carboxylic acids is 3. The Morgan fingerprint density at radius 3 is 2.30 bits per heavy atom. The summed E-state index contributed by atoms with van der Waals surface area (Å²) in [6, 6.07) is 19.9. The van der Waals surface area contributed by atoms with Crippen LogP contribution in [0.15, 0.2) is 77.7 Å². The minimum atomic E-state index is -0.411. The van der Waals surface area contributed by atoms with E-state index in [2.05, 4.69) is 86.8 Å². The minimum absolute atomic E-state index is 0.0499. The van der Waals surface area contributed by atoms with Gasteiger partial charge in [-0.15, -0.1) is 0 Å². The van der Waals surface area contributed by atoms with Crippen molar-refractivity contribution in [3.8, 4) is 22.5 Å². The van der Waals surface area contributed by atoms with E-state index >= 15 is 0 Å². The molecular weight excluding hydrogens is 797 g/mol. The number of carbonyl (C=O) groups is 3. The van der Waals surface area contributed by atoms with Crippen molar-refractivity contribution in [3.05, 3.63) is 96.0 Å². The van der Waals surface area contributed by atoms with Gasteiger partial charge in [0.25, 0.3) is 0 Å². The summed E-state index contributed by atoms with van der Waals surface area (Å²) in [5.74, 6) is 1.45. The molecule has 3 saturated heterocycles. The molecular formula is C47H54N12O4. The molecule has 3 aliphatic heterocycles. The highest BCUT2D eigenvalue weighted by Gasteiger charge is 2.28. The molecule has 0 spiro atoms. The summed E-state index contributed by atoms with van der Waals surface area (Å²) in [6.45, 7) is 17.3. The number of benzene rings is 2. The zero-order valence-corrected chi connectivity index (χ0v) is 36.5. The van der Waals surface area contributed by atoms with Crippen molar-refractivity contribution in [1.82, 2.24) is 45.6 Å². The number of piperazine rings is 1. The highest BCUT2D eigenvalue weighted by Crippen LogP contribution is 2.33. The van der Waals surface area contributed by atoms with Gasteiger partial charge in [0, 0.05) is 104 Å². The van der Waals surface area contributed by atoms with Gasteiger partial charge in [-0.1, -0.05) is 38.1 Å². The molecule has 16 heteroatoms. The van der Waals surface area contributed by atoms with Crippen molar-refractivity contribution < 1.29 is 18.9 Å². The van der Waals surface area contributed by atoms with Crippen molar-refractivity contribution in [3.63, 3.8) is 0 Å². The molecule has 3 fully saturated rings. The largest absolute Gasteiger partial charge is 0.372 e. The first-order valence-corrected chi connectivity index (χ1v) is 21.9. The summed E-state index contributed by atoms with van der Waals surface area (Å²) in [4.78, 5) is 67.7. The van der Waals surface area contributed by atoms with E-state index in [1.54, 1.807) is 11.2 Å². The second-order valence-corrected chi connectivity index (χ2v) is 18.0. The fourth-order valence-corrected chi connectivity index (χ4v) is 8.88. The lowest BCUT2D eigenvalue weighted by Crippen LogP contribution is -2.49. The van der Waals surface area contributed by atoms with Crippen LogP contribution in [-0.4, -0.2) is 105 Å². The molecule has 326 valence electrons. The van der Waals surface area contributed by atoms with Gasteiger partial charge in [0.05, 0.1) is 11.7 Å². The van der Waals surface area contributed by atoms with Crippen LogP contribution in [-0.2, 0) is 10.2 Å². The normalized spacial score (nSPS) is 17.3. The van der Waals surface area contributed by atoms with E-state index in [4.69, 9.17) is 9.51 Å². The predicted octanol–water partition coefficient (Wildman–Crippen LogP) is 6.65. The van der Waals surface area contributed by atoms with Gasteiger partial charge in [0.2, 0.25) is 5.91 Å². The van der Waals surface area contributed by atoms with Crippen LogP contribution in [0.1, 0.15) is 80.6 Å². The Labute approximate surface area is 366 Å². The molecule has 9 rings (SSSR count). The molecule has 0 radical (unpaired) electrons. The fourth-order valence-electron chi connectivity index (χ4n) is 8.88. The third kappa shape index (κ3) is 8.98. The van der Waals surface area contributed by atoms with Gasteiger partial charge in [-0.3, -0.25) is 24.7 Å². The molecule has 6 aromatic rings. The van der Waals surface area contributed by atoms with E-state index in [0.29, 0.717) is 24.7 Å². The maximum Gasteiger partial charge on any atom is 0.328 e. The number of H-pyrrole nitrogens is 1. The predicted molar refractivity (Wildman–Crippen MR) is 242 cm³/mol. The molecule has 4 aromatic heterocycles. The van der Waals surface area contributed by atoms with Crippen molar-refractivity contribution in [2.75, 3.05) is 67.1 Å². The number of piperidine rings is 1. The summed E-state index contributed by atoms with van der Waals surface area (Å²) in [6.07, 6.45) is 6.13. The number of anilines is 3. The van der Waals surface area contributed by atoms with E-state index in [-0.39, 0.29) is 29.3 Å². The van der Waals surface area contributed by atoms with Gasteiger partial charge in [0.15, 0.2) is 5.82 Å². The van der Waals surface area contributed by atoms with E-state index in [0.717, 1.165) is 115 Å². The smallest absolute Gasteiger partial charge is 0.328 e. The van der Waals surface area contributed by atoms with Gasteiger partial charge in [-0.25, -0.2) is 19.7 Å². The molecule has 3 aliphatic rings. The molecule has 0 unspecified atom stereocenters. The fraction of sp³-hybridized carbons (Fsp3) is 0.404. The third-order valence-electron chi connectivity index (χ3n) is 12.5. The summed E-state index contributed by atoms with van der Waals surface area (Å²) in [7, 11) is 0. The lowest BCUT2D eigenvalue weighted by Gasteiger charge is -2.39. The quantitative estimate of drug-likeness (QED) is 0.134. The average Bonchev–Trinajstić information content (AvgIpc) is 3.97. The van der Waals surface area contributed by atoms with Crippen LogP contribution in [0.5, 0.6) is 0 Å². The number of rotatable bonds is 10. The average molecular weight is 851 g/mol. The molecule has 7 heterocycles. The number of hydrogen-bond acceptors (Lipinski definition) is 12. The van der Waals surface area contributed by atoms with E-state index in [1.807, 2.05) is 65.1 Å². The van der Waals surface area contributed by atoms with Crippen LogP contribution >= 0.6 is 0 Å². The van der Waals surface area contributed by atoms with Crippen LogP contribution in [0.25, 0.3) is 33.5 Å². The second kappa shape index (κ2) is 17.2. The van der Waals surface area contributed by atoms with Gasteiger partial charge in [0.1, 0.15) is 17.8 Å². The highest BCUT2D eigenvalue weighted by molar-refractivity contribution is 6.05. The maximum atomic E-state index is 12.9. The standard InChI is InChI=1S/C47H54N12O4/c1-29-24-32(6-12-36(29)30(2)51-43(61)44-54-45(55-63-44)47(3,4)5)41-37-25-38(52-42(37)50-28-49-41)33-7-13-39(48-26-33)58-22-20-56(21-23-58)27-31-14-17-57(18-15-31)34-8-10-35(11-9-34)59-19-16-40(60)53-46(59)62/h6-13,24-26,28,30-31H,14-23,27H2,1-5H3,(H,51,61)(H,49,50,52)(H,53,60,62)/t30-/m0/s1. The van der Waals surface area contributed by atoms with Crippen LogP contribution in [0.2, 0.25) is 0 Å². The van der Waals surface area contributed by atoms with Crippen LogP contribution in [0.4, 0.5) is 22.0 Å². The van der Waals surface area contributed by atoms with E-state index in [9.17, 15) is 14.4 Å². The zero-order chi connectivity index (χ0) is 43.8. The van der Waals surface area contributed by atoms with Crippen molar-refractivity contribution >= 4 is 46.1 Å². The molecule has 2 aromatic carbocycles.